The number of benzene rings is 10. The van der Waals surface area contributed by atoms with Gasteiger partial charge in [0.25, 0.3) is 6.33 Å². The van der Waals surface area contributed by atoms with Crippen LogP contribution in [0, 0.1) is 18.5 Å². The van der Waals surface area contributed by atoms with E-state index in [0.717, 1.165) is 72.3 Å². The van der Waals surface area contributed by atoms with Gasteiger partial charge >= 0.3 is 0 Å². The summed E-state index contributed by atoms with van der Waals surface area (Å²) < 4.78 is 13.4. The number of ether oxygens (including phenoxy) is 1. The van der Waals surface area contributed by atoms with Crippen molar-refractivity contribution in [3.63, 3.8) is 0 Å². The van der Waals surface area contributed by atoms with E-state index >= 15 is 0 Å². The normalized spacial score (nSPS) is 15.4. The molecule has 10 aromatic carbocycles. The van der Waals surface area contributed by atoms with E-state index in [4.69, 9.17) is 9.72 Å². The second-order valence-electron chi connectivity index (χ2n) is 21.8. The summed E-state index contributed by atoms with van der Waals surface area (Å²) in [7, 11) is 0. The van der Waals surface area contributed by atoms with Crippen LogP contribution in [0.2, 0.25) is 0 Å². The molecule has 0 fully saturated rings. The van der Waals surface area contributed by atoms with Crippen molar-refractivity contribution in [2.75, 3.05) is 0 Å². The number of pyridine rings is 1. The zero-order valence-electron chi connectivity index (χ0n) is 43.0. The summed E-state index contributed by atoms with van der Waals surface area (Å²) >= 11 is 0. The monoisotopic (exact) mass is 1180 g/mol. The van der Waals surface area contributed by atoms with Crippen LogP contribution in [-0.2, 0) is 31.9 Å². The summed E-state index contributed by atoms with van der Waals surface area (Å²) in [5.74, 6) is 2.18. The van der Waals surface area contributed by atoms with Gasteiger partial charge in [0.1, 0.15) is 5.82 Å². The standard InChI is InChI=1S/C72H48N4O.Pt/c1-71(2,3)45-38-39-73-68(41-45)76-65-32-15-10-23-54(65)55-37-35-49(43-67(55)76)77-48-19-16-18-47(42-48)74-44-75-64-31-14-9-22-53(64)51-21-5-4-20-50(51)52-36-34-46(40-60(52)56-27-17-33-66(74)70(56)75)72-61-28-11-6-24-57(61)69(58-25-7-12-29-62(58)72)59-26-8-13-30-63(59)72;/h4-41,69H,1-3H3;/q-2;. The van der Waals surface area contributed by atoms with E-state index in [1.165, 1.54) is 55.6 Å². The summed E-state index contributed by atoms with van der Waals surface area (Å²) in [6, 6.07) is 89.5. The number of aromatic nitrogens is 4. The predicted molar refractivity (Wildman–Crippen MR) is 308 cm³/mol. The molecule has 78 heavy (non-hydrogen) atoms. The minimum Gasteiger partial charge on any atom is -0.510 e. The maximum atomic E-state index is 6.78. The molecule has 2 bridgehead atoms. The molecule has 4 heterocycles. The largest absolute Gasteiger partial charge is 0.510 e. The summed E-state index contributed by atoms with van der Waals surface area (Å²) in [6.45, 7) is 6.70. The number of hydrogen-bond acceptors (Lipinski definition) is 2. The average molecular weight is 1180 g/mol. The molecule has 17 rings (SSSR count). The molecule has 0 atom stereocenters. The van der Waals surface area contributed by atoms with E-state index in [-0.39, 0.29) is 32.4 Å². The zero-order chi connectivity index (χ0) is 51.1. The first-order chi connectivity index (χ1) is 37.8. The molecule has 3 aliphatic carbocycles. The Balaban J connectivity index is 0.00000529. The predicted octanol–water partition coefficient (Wildman–Crippen LogP) is 16.4. The van der Waals surface area contributed by atoms with Crippen LogP contribution in [0.5, 0.6) is 11.5 Å². The molecule has 5 nitrogen and oxygen atoms in total. The zero-order valence-corrected chi connectivity index (χ0v) is 45.3. The van der Waals surface area contributed by atoms with Crippen LogP contribution in [0.1, 0.15) is 71.2 Å². The van der Waals surface area contributed by atoms with Crippen LogP contribution in [0.15, 0.2) is 231 Å². The number of nitrogens with zero attached hydrogens (tertiary/aromatic N) is 4. The third-order valence-corrected chi connectivity index (χ3v) is 16.7. The Morgan fingerprint density at radius 2 is 1.12 bits per heavy atom. The topological polar surface area (TPSA) is 35.9 Å². The molecular formula is C72H48N4OPt-2. The molecule has 0 saturated carbocycles. The fraction of sp³-hybridized carbons (Fsp3) is 0.0833. The molecule has 0 unspecified atom stereocenters. The van der Waals surface area contributed by atoms with Crippen molar-refractivity contribution in [2.24, 2.45) is 0 Å². The van der Waals surface area contributed by atoms with E-state index in [0.29, 0.717) is 11.5 Å². The first-order valence-electron chi connectivity index (χ1n) is 26.6. The number of rotatable bonds is 5. The number of para-hydroxylation sites is 3. The van der Waals surface area contributed by atoms with Gasteiger partial charge in [-0.3, -0.25) is 4.57 Å². The Bertz CT molecular complexity index is 4510. The minimum absolute atomic E-state index is 0. The van der Waals surface area contributed by atoms with E-state index in [2.05, 4.69) is 259 Å². The van der Waals surface area contributed by atoms with Crippen molar-refractivity contribution in [2.45, 2.75) is 37.5 Å². The van der Waals surface area contributed by atoms with Crippen molar-refractivity contribution in [3.05, 3.63) is 294 Å². The molecule has 0 saturated heterocycles. The van der Waals surface area contributed by atoms with Crippen molar-refractivity contribution in [1.82, 2.24) is 14.1 Å². The molecule has 0 amide bonds. The van der Waals surface area contributed by atoms with Crippen molar-refractivity contribution < 1.29 is 30.4 Å². The number of imidazole rings is 1. The summed E-state index contributed by atoms with van der Waals surface area (Å²) in [6.07, 6.45) is 5.81. The van der Waals surface area contributed by atoms with Gasteiger partial charge in [-0.2, -0.15) is 18.2 Å². The third kappa shape index (κ3) is 6.58. The smallest absolute Gasteiger partial charge is 0.268 e. The van der Waals surface area contributed by atoms with Gasteiger partial charge in [0.2, 0.25) is 0 Å². The van der Waals surface area contributed by atoms with E-state index in [9.17, 15) is 0 Å². The van der Waals surface area contributed by atoms with Gasteiger partial charge in [-0.05, 0) is 125 Å². The molecule has 0 N–H and O–H groups in total. The quantitative estimate of drug-likeness (QED) is 0.127. The Kier molecular flexibility index (Phi) is 10.3. The Morgan fingerprint density at radius 3 is 1.86 bits per heavy atom. The Morgan fingerprint density at radius 1 is 0.513 bits per heavy atom. The molecule has 6 heteroatoms. The summed E-state index contributed by atoms with van der Waals surface area (Å²) in [4.78, 5) is 4.90. The fourth-order valence-corrected chi connectivity index (χ4v) is 13.4. The first kappa shape index (κ1) is 46.4. The molecule has 0 spiro atoms. The summed E-state index contributed by atoms with van der Waals surface area (Å²) in [5, 5.41) is 2.22. The molecule has 1 aliphatic heterocycles. The molecule has 13 aromatic rings. The molecule has 0 radical (unpaired) electrons. The van der Waals surface area contributed by atoms with Gasteiger partial charge in [0, 0.05) is 50.2 Å². The number of fused-ring (bicyclic) bond motifs is 10. The van der Waals surface area contributed by atoms with Crippen LogP contribution in [0.3, 0.4) is 0 Å². The molecule has 374 valence electrons. The van der Waals surface area contributed by atoms with E-state index < -0.39 is 5.41 Å². The van der Waals surface area contributed by atoms with Crippen molar-refractivity contribution in [3.8, 4) is 62.1 Å². The van der Waals surface area contributed by atoms with Gasteiger partial charge in [0.05, 0.1) is 22.1 Å². The van der Waals surface area contributed by atoms with Gasteiger partial charge in [-0.25, -0.2) is 4.98 Å². The van der Waals surface area contributed by atoms with Crippen LogP contribution in [-0.4, -0.2) is 14.1 Å². The first-order valence-corrected chi connectivity index (χ1v) is 26.6. The Hall–Kier alpha value is -8.89. The summed E-state index contributed by atoms with van der Waals surface area (Å²) in [5.41, 5.74) is 22.8. The van der Waals surface area contributed by atoms with Gasteiger partial charge < -0.3 is 13.9 Å². The van der Waals surface area contributed by atoms with E-state index in [1.54, 1.807) is 0 Å². The van der Waals surface area contributed by atoms with Crippen LogP contribution < -0.4 is 9.30 Å². The fourth-order valence-electron chi connectivity index (χ4n) is 13.4. The molecule has 3 aromatic heterocycles. The van der Waals surface area contributed by atoms with Crippen molar-refractivity contribution >= 4 is 32.8 Å². The van der Waals surface area contributed by atoms with Crippen LogP contribution in [0.4, 0.5) is 0 Å². The average Bonchev–Trinajstić information content (AvgIpc) is 3.87. The molecular weight excluding hydrogens is 1130 g/mol. The van der Waals surface area contributed by atoms with E-state index in [1.807, 2.05) is 24.4 Å². The second kappa shape index (κ2) is 17.3. The van der Waals surface area contributed by atoms with Crippen LogP contribution >= 0.6 is 0 Å². The molecule has 4 aliphatic rings. The van der Waals surface area contributed by atoms with Crippen molar-refractivity contribution in [1.29, 1.82) is 0 Å². The third-order valence-electron chi connectivity index (χ3n) is 16.7. The van der Waals surface area contributed by atoms with Gasteiger partial charge in [-0.1, -0.05) is 190 Å². The Labute approximate surface area is 467 Å². The van der Waals surface area contributed by atoms with Gasteiger partial charge in [0.15, 0.2) is 0 Å². The maximum Gasteiger partial charge on any atom is 0.268 e. The second-order valence-corrected chi connectivity index (χ2v) is 21.8. The van der Waals surface area contributed by atoms with Gasteiger partial charge in [-0.15, -0.1) is 29.7 Å². The maximum absolute atomic E-state index is 6.78. The minimum atomic E-state index is -0.543. The SMILES string of the molecule is CC(C)(C)c1ccnc(-n2c3[c-]c(Oc4[c-]c(-n5[c-][n+]6c7c(cccc75)-c5cc(C78c9ccccc9C(c9ccccc97)c7ccccc78)ccc5-c5ccccc5-c5ccccc5-6)ccc4)ccc3c3ccccc32)c1.[Pt]. The number of hydrogen-bond donors (Lipinski definition) is 0. The van der Waals surface area contributed by atoms with Crippen LogP contribution in [0.25, 0.3) is 83.4 Å².